The van der Waals surface area contributed by atoms with Crippen LogP contribution in [0.15, 0.2) is 64.6 Å². The van der Waals surface area contributed by atoms with Crippen molar-refractivity contribution in [1.29, 1.82) is 0 Å². The van der Waals surface area contributed by atoms with Crippen LogP contribution in [0.25, 0.3) is 17.4 Å². The maximum atomic E-state index is 12.4. The molecule has 0 unspecified atom stereocenters. The van der Waals surface area contributed by atoms with Gasteiger partial charge < -0.3 is 9.52 Å². The Labute approximate surface area is 154 Å². The number of halogens is 1. The lowest BCUT2D eigenvalue weighted by atomic mass is 10.1. The summed E-state index contributed by atoms with van der Waals surface area (Å²) in [6.07, 6.45) is 2.31. The Morgan fingerprint density at radius 1 is 1.12 bits per heavy atom. The molecule has 1 aliphatic carbocycles. The third-order valence-corrected chi connectivity index (χ3v) is 4.69. The Morgan fingerprint density at radius 2 is 1.92 bits per heavy atom. The van der Waals surface area contributed by atoms with Crippen LogP contribution in [0.5, 0.6) is 0 Å². The van der Waals surface area contributed by atoms with E-state index in [9.17, 15) is 14.7 Å². The fraction of sp³-hybridized carbons (Fsp3) is 0.0476. The highest BCUT2D eigenvalue weighted by Crippen LogP contribution is 2.30. The maximum Gasteiger partial charge on any atom is 0.337 e. The van der Waals surface area contributed by atoms with Gasteiger partial charge in [-0.3, -0.25) is 4.79 Å². The molecule has 0 atom stereocenters. The number of carbonyl (C=O) groups is 2. The fourth-order valence-corrected chi connectivity index (χ4v) is 3.27. The van der Waals surface area contributed by atoms with E-state index in [2.05, 4.69) is 0 Å². The van der Waals surface area contributed by atoms with Gasteiger partial charge >= 0.3 is 5.97 Å². The zero-order valence-electron chi connectivity index (χ0n) is 13.5. The number of Topliss-reactive ketones (excluding diaryl/α,β-unsaturated/α-hetero) is 1. The second kappa shape index (κ2) is 6.32. The first-order chi connectivity index (χ1) is 12.5. The Hall–Kier alpha value is -3.11. The molecule has 1 N–H and O–H groups in total. The molecule has 0 aliphatic heterocycles. The van der Waals surface area contributed by atoms with Crippen LogP contribution in [0.4, 0.5) is 0 Å². The summed E-state index contributed by atoms with van der Waals surface area (Å²) in [7, 11) is 0. The summed E-state index contributed by atoms with van der Waals surface area (Å²) in [5, 5.41) is 9.36. The van der Waals surface area contributed by atoms with E-state index in [1.54, 1.807) is 24.3 Å². The summed E-state index contributed by atoms with van der Waals surface area (Å²) in [6, 6.07) is 15.7. The van der Waals surface area contributed by atoms with Gasteiger partial charge in [-0.15, -0.1) is 0 Å². The molecule has 0 amide bonds. The van der Waals surface area contributed by atoms with Crippen molar-refractivity contribution in [3.63, 3.8) is 0 Å². The van der Waals surface area contributed by atoms with E-state index in [1.807, 2.05) is 24.3 Å². The predicted octanol–water partition coefficient (Wildman–Crippen LogP) is 5.12. The molecule has 0 saturated carbocycles. The van der Waals surface area contributed by atoms with Gasteiger partial charge in [0.25, 0.3) is 0 Å². The van der Waals surface area contributed by atoms with Gasteiger partial charge in [0.2, 0.25) is 0 Å². The van der Waals surface area contributed by atoms with Gasteiger partial charge in [0.1, 0.15) is 11.5 Å². The Morgan fingerprint density at radius 3 is 2.69 bits per heavy atom. The molecule has 128 valence electrons. The molecular formula is C21H13ClO4. The number of carbonyl (C=O) groups excluding carboxylic acids is 1. The molecule has 1 heterocycles. The quantitative estimate of drug-likeness (QED) is 0.655. The number of fused-ring (bicyclic) bond motifs is 1. The van der Waals surface area contributed by atoms with Crippen LogP contribution < -0.4 is 0 Å². The number of benzene rings is 2. The summed E-state index contributed by atoms with van der Waals surface area (Å²) < 4.78 is 5.79. The normalized spacial score (nSPS) is 14.7. The molecule has 4 rings (SSSR count). The number of hydrogen-bond acceptors (Lipinski definition) is 3. The summed E-state index contributed by atoms with van der Waals surface area (Å²) >= 11 is 5.90. The minimum atomic E-state index is -1.10. The Kier molecular flexibility index (Phi) is 3.98. The molecule has 0 spiro atoms. The van der Waals surface area contributed by atoms with Crippen LogP contribution >= 0.6 is 11.6 Å². The summed E-state index contributed by atoms with van der Waals surface area (Å²) in [5.41, 5.74) is 3.04. The van der Waals surface area contributed by atoms with Crippen molar-refractivity contribution in [1.82, 2.24) is 0 Å². The zero-order valence-corrected chi connectivity index (χ0v) is 14.3. The average molecular weight is 365 g/mol. The number of carboxylic acid groups (broad SMARTS) is 1. The third-order valence-electron chi connectivity index (χ3n) is 4.36. The lowest BCUT2D eigenvalue weighted by Gasteiger charge is -2.02. The molecule has 0 radical (unpaired) electrons. The lowest BCUT2D eigenvalue weighted by molar-refractivity contribution is 0.0697. The highest BCUT2D eigenvalue weighted by Gasteiger charge is 2.24. The third kappa shape index (κ3) is 2.85. The average Bonchev–Trinajstić information content (AvgIpc) is 3.21. The number of furan rings is 1. The minimum Gasteiger partial charge on any atom is -0.478 e. The second-order valence-electron chi connectivity index (χ2n) is 6.03. The number of ketones is 1. The summed E-state index contributed by atoms with van der Waals surface area (Å²) in [4.78, 5) is 23.7. The SMILES string of the molecule is O=C(O)c1cc(-c2ccc(C=C3Cc4ccccc4C3=O)o2)ccc1Cl. The lowest BCUT2D eigenvalue weighted by Crippen LogP contribution is -1.97. The first kappa shape index (κ1) is 16.4. The van der Waals surface area contributed by atoms with Crippen LogP contribution in [0.2, 0.25) is 5.02 Å². The van der Waals surface area contributed by atoms with E-state index in [0.29, 0.717) is 29.1 Å². The van der Waals surface area contributed by atoms with Gasteiger partial charge in [0, 0.05) is 23.1 Å². The summed E-state index contributed by atoms with van der Waals surface area (Å²) in [6.45, 7) is 0. The topological polar surface area (TPSA) is 67.5 Å². The molecule has 5 heteroatoms. The molecule has 0 saturated heterocycles. The van der Waals surface area contributed by atoms with Crippen LogP contribution in [-0.2, 0) is 6.42 Å². The van der Waals surface area contributed by atoms with Crippen LogP contribution in [0, 0.1) is 0 Å². The highest BCUT2D eigenvalue weighted by molar-refractivity contribution is 6.33. The molecule has 4 nitrogen and oxygen atoms in total. The van der Waals surface area contributed by atoms with Gasteiger partial charge in [0.05, 0.1) is 10.6 Å². The zero-order chi connectivity index (χ0) is 18.3. The molecular weight excluding hydrogens is 352 g/mol. The summed E-state index contributed by atoms with van der Waals surface area (Å²) in [5.74, 6) is -0.0276. The van der Waals surface area contributed by atoms with E-state index in [0.717, 1.165) is 11.1 Å². The van der Waals surface area contributed by atoms with Gasteiger partial charge in [-0.05, 0) is 42.0 Å². The van der Waals surface area contributed by atoms with E-state index in [-0.39, 0.29) is 16.4 Å². The molecule has 0 bridgehead atoms. The van der Waals surface area contributed by atoms with E-state index in [1.165, 1.54) is 12.1 Å². The largest absolute Gasteiger partial charge is 0.478 e. The Bertz CT molecular complexity index is 1080. The van der Waals surface area contributed by atoms with Crippen molar-refractivity contribution in [2.45, 2.75) is 6.42 Å². The number of carboxylic acids is 1. The molecule has 0 fully saturated rings. The standard InChI is InChI=1S/C21H13ClO4/c22-18-7-5-13(11-17(18)21(24)25)19-8-6-15(26-19)10-14-9-12-3-1-2-4-16(12)20(14)23/h1-8,10-11H,9H2,(H,24,25). The molecule has 26 heavy (non-hydrogen) atoms. The number of aromatic carboxylic acids is 1. The number of hydrogen-bond donors (Lipinski definition) is 1. The molecule has 2 aromatic carbocycles. The first-order valence-electron chi connectivity index (χ1n) is 7.99. The molecule has 1 aromatic heterocycles. The monoisotopic (exact) mass is 364 g/mol. The van der Waals surface area contributed by atoms with Crippen molar-refractivity contribution < 1.29 is 19.1 Å². The van der Waals surface area contributed by atoms with Gasteiger partial charge in [-0.25, -0.2) is 4.79 Å². The van der Waals surface area contributed by atoms with Crippen molar-refractivity contribution >= 4 is 29.4 Å². The van der Waals surface area contributed by atoms with Crippen molar-refractivity contribution in [2.75, 3.05) is 0 Å². The number of rotatable bonds is 3. The van der Waals surface area contributed by atoms with Crippen LogP contribution in [0.3, 0.4) is 0 Å². The van der Waals surface area contributed by atoms with Crippen LogP contribution in [-0.4, -0.2) is 16.9 Å². The first-order valence-corrected chi connectivity index (χ1v) is 8.37. The van der Waals surface area contributed by atoms with Crippen molar-refractivity contribution in [3.05, 3.63) is 87.6 Å². The molecule has 3 aromatic rings. The van der Waals surface area contributed by atoms with Gasteiger partial charge in [0.15, 0.2) is 5.78 Å². The van der Waals surface area contributed by atoms with E-state index >= 15 is 0 Å². The highest BCUT2D eigenvalue weighted by atomic mass is 35.5. The van der Waals surface area contributed by atoms with Crippen LogP contribution in [0.1, 0.15) is 32.0 Å². The maximum absolute atomic E-state index is 12.4. The van der Waals surface area contributed by atoms with Gasteiger partial charge in [-0.2, -0.15) is 0 Å². The number of allylic oxidation sites excluding steroid dienone is 1. The fourth-order valence-electron chi connectivity index (χ4n) is 3.07. The van der Waals surface area contributed by atoms with E-state index in [4.69, 9.17) is 16.0 Å². The van der Waals surface area contributed by atoms with Gasteiger partial charge in [-0.1, -0.05) is 35.9 Å². The second-order valence-corrected chi connectivity index (χ2v) is 6.44. The minimum absolute atomic E-state index is 0.0122. The van der Waals surface area contributed by atoms with Crippen molar-refractivity contribution in [3.8, 4) is 11.3 Å². The van der Waals surface area contributed by atoms with E-state index < -0.39 is 5.97 Å². The Balaban J connectivity index is 1.65. The van der Waals surface area contributed by atoms with Crippen molar-refractivity contribution in [2.24, 2.45) is 0 Å². The smallest absolute Gasteiger partial charge is 0.337 e. The molecule has 1 aliphatic rings. The predicted molar refractivity (Wildman–Crippen MR) is 98.6 cm³/mol.